The first kappa shape index (κ1) is 14.9. The van der Waals surface area contributed by atoms with E-state index in [2.05, 4.69) is 0 Å². The summed E-state index contributed by atoms with van der Waals surface area (Å²) >= 11 is 0. The number of nitrogens with zero attached hydrogens (tertiary/aromatic N) is 1. The first-order valence-electron chi connectivity index (χ1n) is 4.83. The molecule has 0 aliphatic carbocycles. The van der Waals surface area contributed by atoms with Gasteiger partial charge in [-0.05, 0) is 5.41 Å². The van der Waals surface area contributed by atoms with Gasteiger partial charge in [0.1, 0.15) is 0 Å². The number of rotatable bonds is 2. The number of benzene rings is 1. The molecule has 1 aromatic carbocycles. The van der Waals surface area contributed by atoms with Crippen LogP contribution in [0.2, 0.25) is 0 Å². The molecule has 1 aromatic rings. The molecule has 0 unspecified atom stereocenters. The normalized spacial score (nSPS) is 12.8. The Kier molecular flexibility index (Phi) is 4.90. The van der Waals surface area contributed by atoms with Crippen molar-refractivity contribution in [2.45, 2.75) is 26.8 Å². The largest absolute Gasteiger partial charge is 0.323 e. The van der Waals surface area contributed by atoms with Crippen molar-refractivity contribution in [3.8, 4) is 0 Å². The standard InChI is InChI=1S/C11H16N2O2.ClH/c1-11(2,3)10(12)8-6-4-5-7-9(8)13(14)15;/h4-7,10H,12H2,1-3H3;1H/t10-;/m0./s1. The minimum atomic E-state index is -0.388. The second-order valence-electron chi connectivity index (χ2n) is 4.66. The number of nitro benzene ring substituents is 1. The van der Waals surface area contributed by atoms with Crippen LogP contribution in [0.25, 0.3) is 0 Å². The maximum Gasteiger partial charge on any atom is 0.274 e. The van der Waals surface area contributed by atoms with Crippen LogP contribution in [0.3, 0.4) is 0 Å². The van der Waals surface area contributed by atoms with Crippen molar-refractivity contribution in [1.82, 2.24) is 0 Å². The van der Waals surface area contributed by atoms with Gasteiger partial charge in [0.05, 0.1) is 4.92 Å². The van der Waals surface area contributed by atoms with E-state index in [4.69, 9.17) is 5.73 Å². The molecule has 0 saturated carbocycles. The molecule has 0 heterocycles. The number of hydrogen-bond acceptors (Lipinski definition) is 3. The predicted molar refractivity (Wildman–Crippen MR) is 66.7 cm³/mol. The van der Waals surface area contributed by atoms with Gasteiger partial charge in [0, 0.05) is 17.7 Å². The molecular formula is C11H17ClN2O2. The molecule has 0 aliphatic rings. The van der Waals surface area contributed by atoms with E-state index < -0.39 is 0 Å². The molecule has 90 valence electrons. The van der Waals surface area contributed by atoms with Gasteiger partial charge in [0.2, 0.25) is 0 Å². The summed E-state index contributed by atoms with van der Waals surface area (Å²) in [6, 6.07) is 6.29. The van der Waals surface area contributed by atoms with E-state index in [1.54, 1.807) is 18.2 Å². The van der Waals surface area contributed by atoms with Crippen LogP contribution in [-0.4, -0.2) is 4.92 Å². The van der Waals surface area contributed by atoms with Crippen LogP contribution in [0.4, 0.5) is 5.69 Å². The van der Waals surface area contributed by atoms with Crippen molar-refractivity contribution in [2.75, 3.05) is 0 Å². The molecule has 0 radical (unpaired) electrons. The second kappa shape index (κ2) is 5.27. The Balaban J connectivity index is 0.00000225. The minimum absolute atomic E-state index is 0. The topological polar surface area (TPSA) is 69.2 Å². The quantitative estimate of drug-likeness (QED) is 0.642. The molecule has 16 heavy (non-hydrogen) atoms. The lowest BCUT2D eigenvalue weighted by atomic mass is 9.82. The Hall–Kier alpha value is -1.13. The third-order valence-corrected chi connectivity index (χ3v) is 2.40. The Bertz CT molecular complexity index is 374. The molecule has 0 aliphatic heterocycles. The van der Waals surface area contributed by atoms with Gasteiger partial charge in [0.15, 0.2) is 0 Å². The lowest BCUT2D eigenvalue weighted by Gasteiger charge is -2.26. The number of para-hydroxylation sites is 1. The molecule has 1 rings (SSSR count). The Morgan fingerprint density at radius 3 is 2.25 bits per heavy atom. The van der Waals surface area contributed by atoms with E-state index in [-0.39, 0.29) is 34.5 Å². The Morgan fingerprint density at radius 2 is 1.81 bits per heavy atom. The fourth-order valence-electron chi connectivity index (χ4n) is 1.38. The summed E-state index contributed by atoms with van der Waals surface area (Å²) in [6.07, 6.45) is 0. The van der Waals surface area contributed by atoms with Gasteiger partial charge in [-0.25, -0.2) is 0 Å². The van der Waals surface area contributed by atoms with Crippen molar-refractivity contribution in [2.24, 2.45) is 11.1 Å². The number of nitro groups is 1. The number of halogens is 1. The van der Waals surface area contributed by atoms with E-state index in [9.17, 15) is 10.1 Å². The van der Waals surface area contributed by atoms with Crippen LogP contribution in [0.15, 0.2) is 24.3 Å². The molecule has 5 heteroatoms. The monoisotopic (exact) mass is 244 g/mol. The van der Waals surface area contributed by atoms with Gasteiger partial charge in [-0.3, -0.25) is 10.1 Å². The minimum Gasteiger partial charge on any atom is -0.323 e. The second-order valence-corrected chi connectivity index (χ2v) is 4.66. The van der Waals surface area contributed by atoms with Crippen molar-refractivity contribution in [3.05, 3.63) is 39.9 Å². The van der Waals surface area contributed by atoms with Gasteiger partial charge >= 0.3 is 0 Å². The average Bonchev–Trinajstić information content (AvgIpc) is 2.15. The highest BCUT2D eigenvalue weighted by Crippen LogP contribution is 2.34. The van der Waals surface area contributed by atoms with E-state index in [1.165, 1.54) is 6.07 Å². The van der Waals surface area contributed by atoms with E-state index in [0.29, 0.717) is 5.56 Å². The predicted octanol–water partition coefficient (Wildman–Crippen LogP) is 3.06. The van der Waals surface area contributed by atoms with Crippen LogP contribution < -0.4 is 5.73 Å². The van der Waals surface area contributed by atoms with E-state index >= 15 is 0 Å². The van der Waals surface area contributed by atoms with E-state index in [0.717, 1.165) is 0 Å². The fourth-order valence-corrected chi connectivity index (χ4v) is 1.38. The van der Waals surface area contributed by atoms with Gasteiger partial charge in [-0.15, -0.1) is 12.4 Å². The summed E-state index contributed by atoms with van der Waals surface area (Å²) < 4.78 is 0. The van der Waals surface area contributed by atoms with Crippen LogP contribution in [0.5, 0.6) is 0 Å². The van der Waals surface area contributed by atoms with Crippen molar-refractivity contribution >= 4 is 18.1 Å². The van der Waals surface area contributed by atoms with E-state index in [1.807, 2.05) is 20.8 Å². The molecule has 2 N–H and O–H groups in total. The van der Waals surface area contributed by atoms with Crippen LogP contribution in [0.1, 0.15) is 32.4 Å². The van der Waals surface area contributed by atoms with Gasteiger partial charge in [-0.2, -0.15) is 0 Å². The summed E-state index contributed by atoms with van der Waals surface area (Å²) in [6.45, 7) is 5.90. The fraction of sp³-hybridized carbons (Fsp3) is 0.455. The number of nitrogens with two attached hydrogens (primary N) is 1. The molecule has 0 aromatic heterocycles. The average molecular weight is 245 g/mol. The van der Waals surface area contributed by atoms with Crippen molar-refractivity contribution < 1.29 is 4.92 Å². The lowest BCUT2D eigenvalue weighted by Crippen LogP contribution is -2.26. The third kappa shape index (κ3) is 3.18. The SMILES string of the molecule is CC(C)(C)[C@@H](N)c1ccccc1[N+](=O)[O-].Cl. The third-order valence-electron chi connectivity index (χ3n) is 2.40. The number of hydrogen-bond donors (Lipinski definition) is 1. The summed E-state index contributed by atoms with van der Waals surface area (Å²) in [5, 5.41) is 10.8. The highest BCUT2D eigenvalue weighted by Gasteiger charge is 2.27. The first-order chi connectivity index (χ1) is 6.84. The zero-order valence-electron chi connectivity index (χ0n) is 9.64. The van der Waals surface area contributed by atoms with Gasteiger partial charge < -0.3 is 5.73 Å². The highest BCUT2D eigenvalue weighted by molar-refractivity contribution is 5.85. The van der Waals surface area contributed by atoms with Crippen LogP contribution in [-0.2, 0) is 0 Å². The molecule has 1 atom stereocenters. The Labute approximate surface area is 101 Å². The lowest BCUT2D eigenvalue weighted by molar-refractivity contribution is -0.385. The molecule has 0 saturated heterocycles. The molecule has 0 spiro atoms. The zero-order chi connectivity index (χ0) is 11.6. The molecule has 4 nitrogen and oxygen atoms in total. The molecule has 0 bridgehead atoms. The van der Waals surface area contributed by atoms with Gasteiger partial charge in [0.25, 0.3) is 5.69 Å². The highest BCUT2D eigenvalue weighted by atomic mass is 35.5. The summed E-state index contributed by atoms with van der Waals surface area (Å²) in [5.41, 5.74) is 6.51. The summed E-state index contributed by atoms with van der Waals surface area (Å²) in [5.74, 6) is 0. The first-order valence-corrected chi connectivity index (χ1v) is 4.83. The van der Waals surface area contributed by atoms with Crippen molar-refractivity contribution in [1.29, 1.82) is 0 Å². The van der Waals surface area contributed by atoms with Crippen LogP contribution in [0, 0.1) is 15.5 Å². The van der Waals surface area contributed by atoms with Crippen molar-refractivity contribution in [3.63, 3.8) is 0 Å². The smallest absolute Gasteiger partial charge is 0.274 e. The summed E-state index contributed by atoms with van der Waals surface area (Å²) in [4.78, 5) is 10.4. The maximum atomic E-state index is 10.8. The zero-order valence-corrected chi connectivity index (χ0v) is 10.5. The maximum absolute atomic E-state index is 10.8. The summed E-state index contributed by atoms with van der Waals surface area (Å²) in [7, 11) is 0. The van der Waals surface area contributed by atoms with Gasteiger partial charge in [-0.1, -0.05) is 39.0 Å². The molecule has 0 amide bonds. The van der Waals surface area contributed by atoms with Crippen LogP contribution >= 0.6 is 12.4 Å². The molecular weight excluding hydrogens is 228 g/mol. The Morgan fingerprint density at radius 1 is 1.31 bits per heavy atom. The molecule has 0 fully saturated rings.